The van der Waals surface area contributed by atoms with E-state index >= 15 is 0 Å². The van der Waals surface area contributed by atoms with Crippen LogP contribution in [0.4, 0.5) is 0 Å². The summed E-state index contributed by atoms with van der Waals surface area (Å²) in [7, 11) is 1.64. The van der Waals surface area contributed by atoms with Crippen LogP contribution in [0.3, 0.4) is 0 Å². The molecule has 0 aliphatic heterocycles. The number of nitrogens with one attached hydrogen (secondary N) is 1. The normalized spacial score (nSPS) is 20.2. The highest BCUT2D eigenvalue weighted by Crippen LogP contribution is 2.55. The SMILES string of the molecule is COc1ccc(OCCCC(=O)NCC2CC3c4ccccc4C2c2ccccc23)cc1. The van der Waals surface area contributed by atoms with E-state index in [-0.39, 0.29) is 5.91 Å². The Kier molecular flexibility index (Phi) is 5.85. The Morgan fingerprint density at radius 1 is 0.875 bits per heavy atom. The molecular weight excluding hydrogens is 398 g/mol. The molecule has 1 unspecified atom stereocenters. The van der Waals surface area contributed by atoms with Crippen molar-refractivity contribution >= 4 is 5.91 Å². The molecule has 0 heterocycles. The molecule has 1 atom stereocenters. The number of benzene rings is 3. The summed E-state index contributed by atoms with van der Waals surface area (Å²) in [5.74, 6) is 2.94. The number of hydrogen-bond acceptors (Lipinski definition) is 3. The molecule has 6 rings (SSSR count). The summed E-state index contributed by atoms with van der Waals surface area (Å²) in [6, 6.07) is 25.2. The lowest BCUT2D eigenvalue weighted by Crippen LogP contribution is -2.39. The number of amides is 1. The molecule has 0 fully saturated rings. The zero-order valence-corrected chi connectivity index (χ0v) is 18.4. The highest BCUT2D eigenvalue weighted by molar-refractivity contribution is 5.75. The van der Waals surface area contributed by atoms with Crippen molar-refractivity contribution in [3.8, 4) is 11.5 Å². The third-order valence-corrected chi connectivity index (χ3v) is 6.86. The second kappa shape index (κ2) is 9.07. The average Bonchev–Trinajstić information content (AvgIpc) is 2.86. The van der Waals surface area contributed by atoms with Gasteiger partial charge in [0.05, 0.1) is 13.7 Å². The minimum atomic E-state index is 0.103. The standard InChI is InChI=1S/C28H29NO3/c1-31-20-12-14-21(15-13-20)32-16-6-11-27(30)29-18-19-17-26-22-7-2-4-9-24(22)28(19)25-10-5-3-8-23(25)26/h2-5,7-10,12-15,19,26,28H,6,11,16-18H2,1H3,(H,29,30). The molecule has 32 heavy (non-hydrogen) atoms. The van der Waals surface area contributed by atoms with E-state index in [2.05, 4.69) is 53.8 Å². The van der Waals surface area contributed by atoms with Crippen molar-refractivity contribution in [2.24, 2.45) is 5.92 Å². The zero-order valence-electron chi connectivity index (χ0n) is 18.4. The Bertz CT molecular complexity index is 1040. The van der Waals surface area contributed by atoms with Gasteiger partial charge < -0.3 is 14.8 Å². The molecule has 3 aromatic carbocycles. The van der Waals surface area contributed by atoms with Crippen LogP contribution >= 0.6 is 0 Å². The van der Waals surface area contributed by atoms with E-state index in [4.69, 9.17) is 9.47 Å². The highest BCUT2D eigenvalue weighted by Gasteiger charge is 2.42. The molecule has 4 nitrogen and oxygen atoms in total. The number of ether oxygens (including phenoxy) is 2. The van der Waals surface area contributed by atoms with Crippen LogP contribution in [0.1, 0.15) is 53.4 Å². The maximum Gasteiger partial charge on any atom is 0.220 e. The van der Waals surface area contributed by atoms with E-state index < -0.39 is 0 Å². The van der Waals surface area contributed by atoms with E-state index in [1.54, 1.807) is 7.11 Å². The van der Waals surface area contributed by atoms with Gasteiger partial charge in [0.2, 0.25) is 5.91 Å². The fraction of sp³-hybridized carbons (Fsp3) is 0.321. The van der Waals surface area contributed by atoms with Crippen molar-refractivity contribution in [2.45, 2.75) is 31.1 Å². The molecule has 0 spiro atoms. The predicted octanol–water partition coefficient (Wildman–Crippen LogP) is 5.27. The zero-order chi connectivity index (χ0) is 21.9. The molecule has 164 valence electrons. The molecule has 4 heteroatoms. The fourth-order valence-corrected chi connectivity index (χ4v) is 5.39. The maximum atomic E-state index is 12.5. The van der Waals surface area contributed by atoms with E-state index in [1.165, 1.54) is 22.3 Å². The summed E-state index contributed by atoms with van der Waals surface area (Å²) < 4.78 is 10.9. The van der Waals surface area contributed by atoms with Crippen molar-refractivity contribution in [1.82, 2.24) is 5.32 Å². The molecular formula is C28H29NO3. The van der Waals surface area contributed by atoms with E-state index in [9.17, 15) is 4.79 Å². The van der Waals surface area contributed by atoms with Gasteiger partial charge in [0.15, 0.2) is 0 Å². The highest BCUT2D eigenvalue weighted by atomic mass is 16.5. The first-order valence-electron chi connectivity index (χ1n) is 11.5. The van der Waals surface area contributed by atoms with Gasteiger partial charge in [0.1, 0.15) is 11.5 Å². The lowest BCUT2D eigenvalue weighted by Gasteiger charge is -2.45. The van der Waals surface area contributed by atoms with Crippen molar-refractivity contribution in [2.75, 3.05) is 20.3 Å². The lowest BCUT2D eigenvalue weighted by molar-refractivity contribution is -0.121. The Hall–Kier alpha value is -3.27. The first-order valence-corrected chi connectivity index (χ1v) is 11.5. The minimum absolute atomic E-state index is 0.103. The number of methoxy groups -OCH3 is 1. The van der Waals surface area contributed by atoms with Gasteiger partial charge in [-0.2, -0.15) is 0 Å². The fourth-order valence-electron chi connectivity index (χ4n) is 5.39. The van der Waals surface area contributed by atoms with Crippen LogP contribution in [-0.4, -0.2) is 26.2 Å². The number of carbonyl (C=O) groups is 1. The van der Waals surface area contributed by atoms with Crippen LogP contribution in [-0.2, 0) is 4.79 Å². The third-order valence-electron chi connectivity index (χ3n) is 6.86. The summed E-state index contributed by atoms with van der Waals surface area (Å²) in [6.45, 7) is 1.25. The molecule has 3 aromatic rings. The van der Waals surface area contributed by atoms with Gasteiger partial charge in [0.25, 0.3) is 0 Å². The summed E-state index contributed by atoms with van der Waals surface area (Å²) in [6.07, 6.45) is 2.27. The van der Waals surface area contributed by atoms with Gasteiger partial charge >= 0.3 is 0 Å². The van der Waals surface area contributed by atoms with E-state index in [0.717, 1.165) is 24.5 Å². The smallest absolute Gasteiger partial charge is 0.220 e. The van der Waals surface area contributed by atoms with E-state index in [1.807, 2.05) is 24.3 Å². The second-order valence-electron chi connectivity index (χ2n) is 8.72. The van der Waals surface area contributed by atoms with Gasteiger partial charge in [-0.05, 0) is 65.3 Å². The third kappa shape index (κ3) is 3.97. The largest absolute Gasteiger partial charge is 0.497 e. The second-order valence-corrected chi connectivity index (χ2v) is 8.72. The van der Waals surface area contributed by atoms with Crippen molar-refractivity contribution in [3.05, 3.63) is 95.1 Å². The van der Waals surface area contributed by atoms with Crippen LogP contribution < -0.4 is 14.8 Å². The van der Waals surface area contributed by atoms with Gasteiger partial charge in [-0.25, -0.2) is 0 Å². The Morgan fingerprint density at radius 2 is 1.47 bits per heavy atom. The molecule has 0 saturated heterocycles. The maximum absolute atomic E-state index is 12.5. The Balaban J connectivity index is 1.15. The summed E-state index contributed by atoms with van der Waals surface area (Å²) in [5.41, 5.74) is 5.81. The van der Waals surface area contributed by atoms with Crippen LogP contribution in [0.25, 0.3) is 0 Å². The molecule has 1 N–H and O–H groups in total. The number of hydrogen-bond donors (Lipinski definition) is 1. The van der Waals surface area contributed by atoms with Gasteiger partial charge in [-0.1, -0.05) is 48.5 Å². The molecule has 2 bridgehead atoms. The van der Waals surface area contributed by atoms with Crippen LogP contribution in [0.15, 0.2) is 72.8 Å². The van der Waals surface area contributed by atoms with Crippen LogP contribution in [0.2, 0.25) is 0 Å². The van der Waals surface area contributed by atoms with Gasteiger partial charge in [0, 0.05) is 24.8 Å². The van der Waals surface area contributed by atoms with Gasteiger partial charge in [-0.3, -0.25) is 4.79 Å². The quantitative estimate of drug-likeness (QED) is 0.499. The van der Waals surface area contributed by atoms with Crippen molar-refractivity contribution in [1.29, 1.82) is 0 Å². The molecule has 1 amide bonds. The average molecular weight is 428 g/mol. The topological polar surface area (TPSA) is 47.6 Å². The van der Waals surface area contributed by atoms with Crippen molar-refractivity contribution < 1.29 is 14.3 Å². The van der Waals surface area contributed by atoms with Crippen LogP contribution in [0, 0.1) is 5.92 Å². The molecule has 3 aliphatic carbocycles. The molecule has 3 aliphatic rings. The summed E-state index contributed by atoms with van der Waals surface area (Å²) in [4.78, 5) is 12.5. The number of rotatable bonds is 8. The van der Waals surface area contributed by atoms with Crippen LogP contribution in [0.5, 0.6) is 11.5 Å². The van der Waals surface area contributed by atoms with Gasteiger partial charge in [-0.15, -0.1) is 0 Å². The minimum Gasteiger partial charge on any atom is -0.497 e. The monoisotopic (exact) mass is 427 g/mol. The molecule has 0 radical (unpaired) electrons. The summed E-state index contributed by atoms with van der Waals surface area (Å²) in [5, 5.41) is 3.20. The predicted molar refractivity (Wildman–Crippen MR) is 125 cm³/mol. The van der Waals surface area contributed by atoms with Crippen molar-refractivity contribution in [3.63, 3.8) is 0 Å². The number of carbonyl (C=O) groups excluding carboxylic acids is 1. The summed E-state index contributed by atoms with van der Waals surface area (Å²) >= 11 is 0. The first-order chi connectivity index (χ1) is 15.7. The number of fused-ring (bicyclic) bond motifs is 1. The van der Waals surface area contributed by atoms with E-state index in [0.29, 0.717) is 37.2 Å². The Labute approximate surface area is 189 Å². The Morgan fingerprint density at radius 3 is 2.09 bits per heavy atom. The molecule has 0 saturated carbocycles. The lowest BCUT2D eigenvalue weighted by atomic mass is 9.59. The first kappa shape index (κ1) is 20.6. The molecule has 0 aromatic heterocycles.